The van der Waals surface area contributed by atoms with E-state index in [-0.39, 0.29) is 18.1 Å². The van der Waals surface area contributed by atoms with Crippen molar-refractivity contribution in [3.63, 3.8) is 0 Å². The van der Waals surface area contributed by atoms with Crippen LogP contribution >= 0.6 is 0 Å². The summed E-state index contributed by atoms with van der Waals surface area (Å²) in [5.41, 5.74) is 2.93. The summed E-state index contributed by atoms with van der Waals surface area (Å²) in [5, 5.41) is 2.84. The normalized spacial score (nSPS) is 10.9. The van der Waals surface area contributed by atoms with Gasteiger partial charge in [0.05, 0.1) is 11.9 Å². The third-order valence-electron chi connectivity index (χ3n) is 3.87. The predicted octanol–water partition coefficient (Wildman–Crippen LogP) is 2.17. The van der Waals surface area contributed by atoms with E-state index in [4.69, 9.17) is 4.42 Å². The van der Waals surface area contributed by atoms with Gasteiger partial charge in [-0.05, 0) is 41.8 Å². The summed E-state index contributed by atoms with van der Waals surface area (Å²) in [5.74, 6) is -0.803. The molecule has 0 aliphatic rings. The van der Waals surface area contributed by atoms with E-state index in [0.29, 0.717) is 24.1 Å². The lowest BCUT2D eigenvalue weighted by Gasteiger charge is -2.06. The van der Waals surface area contributed by atoms with Gasteiger partial charge in [-0.25, -0.2) is 9.18 Å². The number of aryl methyl sites for hydroxylation is 1. The number of nitrogens with one attached hydrogen (secondary N) is 1. The van der Waals surface area contributed by atoms with Crippen LogP contribution in [0, 0.1) is 5.82 Å². The molecule has 0 saturated heterocycles. The van der Waals surface area contributed by atoms with Crippen molar-refractivity contribution in [2.45, 2.75) is 12.8 Å². The topological polar surface area (TPSA) is 64.2 Å². The Kier molecular flexibility index (Phi) is 4.46. The zero-order chi connectivity index (χ0) is 17.1. The van der Waals surface area contributed by atoms with Crippen LogP contribution in [0.1, 0.15) is 11.1 Å². The van der Waals surface area contributed by atoms with E-state index in [1.807, 2.05) is 0 Å². The van der Waals surface area contributed by atoms with Crippen LogP contribution in [-0.2, 0) is 24.7 Å². The van der Waals surface area contributed by atoms with Crippen molar-refractivity contribution in [2.24, 2.45) is 7.05 Å². The van der Waals surface area contributed by atoms with E-state index < -0.39 is 5.76 Å². The van der Waals surface area contributed by atoms with Crippen LogP contribution in [0.4, 0.5) is 4.39 Å². The lowest BCUT2D eigenvalue weighted by molar-refractivity contribution is -0.120. The minimum Gasteiger partial charge on any atom is -0.408 e. The van der Waals surface area contributed by atoms with Crippen molar-refractivity contribution in [1.29, 1.82) is 0 Å². The largest absolute Gasteiger partial charge is 0.419 e. The first kappa shape index (κ1) is 16.0. The number of oxazole rings is 1. The molecule has 0 aliphatic heterocycles. The Morgan fingerprint density at radius 3 is 2.62 bits per heavy atom. The Bertz CT molecular complexity index is 926. The van der Waals surface area contributed by atoms with Gasteiger partial charge in [-0.1, -0.05) is 18.2 Å². The summed E-state index contributed by atoms with van der Waals surface area (Å²) in [6, 6.07) is 11.5. The van der Waals surface area contributed by atoms with Gasteiger partial charge in [-0.15, -0.1) is 0 Å². The van der Waals surface area contributed by atoms with E-state index in [1.165, 1.54) is 16.7 Å². The molecule has 124 valence electrons. The Morgan fingerprint density at radius 1 is 1.17 bits per heavy atom. The molecule has 2 aromatic carbocycles. The minimum absolute atomic E-state index is 0.107. The van der Waals surface area contributed by atoms with E-state index in [0.717, 1.165) is 11.1 Å². The predicted molar refractivity (Wildman–Crippen MR) is 88.3 cm³/mol. The van der Waals surface area contributed by atoms with Gasteiger partial charge < -0.3 is 9.73 Å². The number of fused-ring (bicyclic) bond motifs is 1. The Hall–Kier alpha value is -2.89. The van der Waals surface area contributed by atoms with Gasteiger partial charge in [0.1, 0.15) is 5.82 Å². The molecule has 0 radical (unpaired) electrons. The van der Waals surface area contributed by atoms with Crippen LogP contribution in [0.25, 0.3) is 11.1 Å². The molecule has 0 fully saturated rings. The van der Waals surface area contributed by atoms with Crippen molar-refractivity contribution in [1.82, 2.24) is 9.88 Å². The summed E-state index contributed by atoms with van der Waals surface area (Å²) in [6.07, 6.45) is 0.861. The summed E-state index contributed by atoms with van der Waals surface area (Å²) in [6.45, 7) is 0.483. The van der Waals surface area contributed by atoms with Crippen molar-refractivity contribution < 1.29 is 13.6 Å². The molecule has 3 rings (SSSR count). The second-order valence-corrected chi connectivity index (χ2v) is 5.63. The maximum Gasteiger partial charge on any atom is 0.419 e. The number of halogens is 1. The van der Waals surface area contributed by atoms with E-state index in [2.05, 4.69) is 5.32 Å². The maximum atomic E-state index is 12.8. The van der Waals surface area contributed by atoms with Crippen LogP contribution in [0.3, 0.4) is 0 Å². The van der Waals surface area contributed by atoms with Crippen LogP contribution in [0.15, 0.2) is 51.7 Å². The van der Waals surface area contributed by atoms with Crippen molar-refractivity contribution in [2.75, 3.05) is 6.54 Å². The first-order valence-corrected chi connectivity index (χ1v) is 7.62. The number of rotatable bonds is 5. The fraction of sp³-hybridized carbons (Fsp3) is 0.222. The van der Waals surface area contributed by atoms with Crippen LogP contribution in [0.5, 0.6) is 0 Å². The molecule has 5 nitrogen and oxygen atoms in total. The molecule has 6 heteroatoms. The lowest BCUT2D eigenvalue weighted by Crippen LogP contribution is -2.27. The molecule has 24 heavy (non-hydrogen) atoms. The summed E-state index contributed by atoms with van der Waals surface area (Å²) in [4.78, 5) is 23.5. The van der Waals surface area contributed by atoms with Crippen LogP contribution in [-0.4, -0.2) is 17.0 Å². The second kappa shape index (κ2) is 6.70. The number of hydrogen-bond acceptors (Lipinski definition) is 3. The van der Waals surface area contributed by atoms with Crippen molar-refractivity contribution in [3.05, 3.63) is 70.0 Å². The van der Waals surface area contributed by atoms with E-state index in [9.17, 15) is 14.0 Å². The highest BCUT2D eigenvalue weighted by Crippen LogP contribution is 2.14. The number of nitrogens with zero attached hydrogens (tertiary/aromatic N) is 1. The third kappa shape index (κ3) is 3.53. The van der Waals surface area contributed by atoms with Gasteiger partial charge in [-0.3, -0.25) is 9.36 Å². The SMILES string of the molecule is Cn1c(=O)oc2ccc(CC(=O)NCCc3ccc(F)cc3)cc21. The molecule has 0 atom stereocenters. The van der Waals surface area contributed by atoms with E-state index >= 15 is 0 Å². The summed E-state index contributed by atoms with van der Waals surface area (Å²) >= 11 is 0. The number of carbonyl (C=O) groups excluding carboxylic acids is 1. The average molecular weight is 328 g/mol. The van der Waals surface area contributed by atoms with Gasteiger partial charge in [0.2, 0.25) is 5.91 Å². The highest BCUT2D eigenvalue weighted by atomic mass is 19.1. The Balaban J connectivity index is 1.57. The quantitative estimate of drug-likeness (QED) is 0.781. The number of benzene rings is 2. The number of amides is 1. The number of hydrogen-bond donors (Lipinski definition) is 1. The fourth-order valence-electron chi connectivity index (χ4n) is 2.53. The van der Waals surface area contributed by atoms with Gasteiger partial charge >= 0.3 is 5.76 Å². The Morgan fingerprint density at radius 2 is 1.88 bits per heavy atom. The van der Waals surface area contributed by atoms with Crippen LogP contribution in [0.2, 0.25) is 0 Å². The molecular formula is C18H17FN2O3. The van der Waals surface area contributed by atoms with Gasteiger partial charge in [0.15, 0.2) is 5.58 Å². The molecule has 0 bridgehead atoms. The highest BCUT2D eigenvalue weighted by Gasteiger charge is 2.09. The molecular weight excluding hydrogens is 311 g/mol. The van der Waals surface area contributed by atoms with E-state index in [1.54, 1.807) is 37.4 Å². The first-order valence-electron chi connectivity index (χ1n) is 7.62. The molecule has 1 N–H and O–H groups in total. The Labute approximate surface area is 137 Å². The zero-order valence-electron chi connectivity index (χ0n) is 13.2. The standard InChI is InChI=1S/C18H17FN2O3/c1-21-15-10-13(4-7-16(15)24-18(21)23)11-17(22)20-9-8-12-2-5-14(19)6-3-12/h2-7,10H,8-9,11H2,1H3,(H,20,22). The molecule has 0 aliphatic carbocycles. The molecule has 1 aromatic heterocycles. The fourth-order valence-corrected chi connectivity index (χ4v) is 2.53. The third-order valence-corrected chi connectivity index (χ3v) is 3.87. The summed E-state index contributed by atoms with van der Waals surface area (Å²) < 4.78 is 19.3. The van der Waals surface area contributed by atoms with Crippen LogP contribution < -0.4 is 11.1 Å². The first-order chi connectivity index (χ1) is 11.5. The lowest BCUT2D eigenvalue weighted by atomic mass is 10.1. The molecule has 3 aromatic rings. The number of aromatic nitrogens is 1. The van der Waals surface area contributed by atoms with Gasteiger partial charge in [0, 0.05) is 13.6 Å². The molecule has 0 spiro atoms. The highest BCUT2D eigenvalue weighted by molar-refractivity contribution is 5.81. The zero-order valence-corrected chi connectivity index (χ0v) is 13.2. The second-order valence-electron chi connectivity index (χ2n) is 5.63. The maximum absolute atomic E-state index is 12.8. The molecule has 0 unspecified atom stereocenters. The summed E-state index contributed by atoms with van der Waals surface area (Å²) in [7, 11) is 1.63. The molecule has 1 heterocycles. The van der Waals surface area contributed by atoms with Crippen molar-refractivity contribution in [3.8, 4) is 0 Å². The number of carbonyl (C=O) groups is 1. The smallest absolute Gasteiger partial charge is 0.408 e. The molecule has 0 saturated carbocycles. The monoisotopic (exact) mass is 328 g/mol. The van der Waals surface area contributed by atoms with Gasteiger partial charge in [0.25, 0.3) is 0 Å². The average Bonchev–Trinajstić information content (AvgIpc) is 2.84. The van der Waals surface area contributed by atoms with Gasteiger partial charge in [-0.2, -0.15) is 0 Å². The molecule has 1 amide bonds. The minimum atomic E-state index is -0.425. The van der Waals surface area contributed by atoms with Crippen molar-refractivity contribution >= 4 is 17.0 Å².